The van der Waals surface area contributed by atoms with Crippen molar-refractivity contribution in [2.75, 3.05) is 0 Å². The third-order valence-corrected chi connectivity index (χ3v) is 5.16. The number of benzene rings is 3. The van der Waals surface area contributed by atoms with Crippen molar-refractivity contribution in [2.45, 2.75) is 6.54 Å². The Bertz CT molecular complexity index is 1210. The van der Waals surface area contributed by atoms with Crippen LogP contribution in [-0.2, 0) is 6.54 Å². The predicted octanol–water partition coefficient (Wildman–Crippen LogP) is 6.42. The zero-order valence-corrected chi connectivity index (χ0v) is 15.5. The van der Waals surface area contributed by atoms with E-state index in [0.717, 1.165) is 12.1 Å². The number of nitrogens with zero attached hydrogens (tertiary/aromatic N) is 2. The molecule has 0 bridgehead atoms. The van der Waals surface area contributed by atoms with Gasteiger partial charge < -0.3 is 4.57 Å². The maximum Gasteiger partial charge on any atom is 0.0681 e. The standard InChI is InChI=1S/C26H20N2/c1-4-10-20(11-5-1)19-28-24-18-27-17-16-23(24)25(21-12-6-2-7-13-21)26(28)22-14-8-3-9-15-22/h1-18H,19H2. The molecular formula is C26H20N2. The first-order valence-electron chi connectivity index (χ1n) is 9.53. The Hall–Kier alpha value is -3.65. The second-order valence-corrected chi connectivity index (χ2v) is 6.92. The summed E-state index contributed by atoms with van der Waals surface area (Å²) in [5, 5.41) is 1.23. The van der Waals surface area contributed by atoms with Gasteiger partial charge >= 0.3 is 0 Å². The third-order valence-electron chi connectivity index (χ3n) is 5.16. The zero-order chi connectivity index (χ0) is 18.8. The lowest BCUT2D eigenvalue weighted by molar-refractivity contribution is 0.843. The summed E-state index contributed by atoms with van der Waals surface area (Å²) in [6, 6.07) is 34.1. The summed E-state index contributed by atoms with van der Waals surface area (Å²) < 4.78 is 2.40. The highest BCUT2D eigenvalue weighted by Gasteiger charge is 2.20. The highest BCUT2D eigenvalue weighted by Crippen LogP contribution is 2.40. The lowest BCUT2D eigenvalue weighted by atomic mass is 9.99. The SMILES string of the molecule is c1ccc(Cn2c(-c3ccccc3)c(-c3ccccc3)c3ccncc32)cc1. The van der Waals surface area contributed by atoms with Crippen molar-refractivity contribution in [2.24, 2.45) is 0 Å². The van der Waals surface area contributed by atoms with Gasteiger partial charge in [-0.2, -0.15) is 0 Å². The van der Waals surface area contributed by atoms with Crippen molar-refractivity contribution >= 4 is 10.9 Å². The molecule has 2 nitrogen and oxygen atoms in total. The van der Waals surface area contributed by atoms with Crippen molar-refractivity contribution in [3.05, 3.63) is 115 Å². The van der Waals surface area contributed by atoms with Crippen molar-refractivity contribution in [3.8, 4) is 22.4 Å². The Morgan fingerprint density at radius 2 is 1.25 bits per heavy atom. The molecule has 0 aliphatic heterocycles. The highest BCUT2D eigenvalue weighted by atomic mass is 15.0. The van der Waals surface area contributed by atoms with Crippen molar-refractivity contribution in [3.63, 3.8) is 0 Å². The van der Waals surface area contributed by atoms with Crippen LogP contribution in [0.5, 0.6) is 0 Å². The van der Waals surface area contributed by atoms with Gasteiger partial charge in [0.15, 0.2) is 0 Å². The number of fused-ring (bicyclic) bond motifs is 1. The molecule has 0 atom stereocenters. The van der Waals surface area contributed by atoms with Gasteiger partial charge in [0.25, 0.3) is 0 Å². The number of pyridine rings is 1. The molecule has 0 N–H and O–H groups in total. The second kappa shape index (κ2) is 7.16. The summed E-state index contributed by atoms with van der Waals surface area (Å²) in [5.41, 5.74) is 7.38. The molecule has 0 spiro atoms. The normalized spacial score (nSPS) is 11.0. The van der Waals surface area contributed by atoms with E-state index in [0.29, 0.717) is 0 Å². The van der Waals surface area contributed by atoms with Crippen LogP contribution in [0.15, 0.2) is 109 Å². The van der Waals surface area contributed by atoms with Crippen LogP contribution < -0.4 is 0 Å². The molecule has 0 saturated heterocycles. The fraction of sp³-hybridized carbons (Fsp3) is 0.0385. The van der Waals surface area contributed by atoms with Gasteiger partial charge in [0.2, 0.25) is 0 Å². The quantitative estimate of drug-likeness (QED) is 0.362. The van der Waals surface area contributed by atoms with E-state index in [-0.39, 0.29) is 0 Å². The molecule has 0 aliphatic carbocycles. The number of rotatable bonds is 4. The lowest BCUT2D eigenvalue weighted by Crippen LogP contribution is -2.02. The van der Waals surface area contributed by atoms with E-state index in [1.54, 1.807) is 0 Å². The van der Waals surface area contributed by atoms with Gasteiger partial charge in [-0.25, -0.2) is 0 Å². The Labute approximate surface area is 164 Å². The molecule has 0 radical (unpaired) electrons. The molecule has 28 heavy (non-hydrogen) atoms. The zero-order valence-electron chi connectivity index (χ0n) is 15.5. The van der Waals surface area contributed by atoms with Gasteiger partial charge in [-0.15, -0.1) is 0 Å². The van der Waals surface area contributed by atoms with Crippen LogP contribution in [0.4, 0.5) is 0 Å². The fourth-order valence-corrected chi connectivity index (χ4v) is 3.92. The third kappa shape index (κ3) is 2.89. The van der Waals surface area contributed by atoms with Crippen molar-refractivity contribution in [1.82, 2.24) is 9.55 Å². The van der Waals surface area contributed by atoms with Gasteiger partial charge in [-0.1, -0.05) is 91.0 Å². The van der Waals surface area contributed by atoms with E-state index in [2.05, 4.69) is 107 Å². The molecule has 5 aromatic rings. The fourth-order valence-electron chi connectivity index (χ4n) is 3.92. The van der Waals surface area contributed by atoms with E-state index >= 15 is 0 Å². The number of hydrogen-bond donors (Lipinski definition) is 0. The van der Waals surface area contributed by atoms with Gasteiger partial charge in [0.1, 0.15) is 0 Å². The first-order chi connectivity index (χ1) is 13.9. The van der Waals surface area contributed by atoms with Crippen LogP contribution >= 0.6 is 0 Å². The maximum absolute atomic E-state index is 4.44. The average Bonchev–Trinajstić information content (AvgIpc) is 3.10. The van der Waals surface area contributed by atoms with E-state index in [1.165, 1.54) is 33.3 Å². The smallest absolute Gasteiger partial charge is 0.0681 e. The Balaban J connectivity index is 1.85. The predicted molar refractivity (Wildman–Crippen MR) is 116 cm³/mol. The van der Waals surface area contributed by atoms with Crippen LogP contribution in [-0.4, -0.2) is 9.55 Å². The molecule has 2 heterocycles. The number of hydrogen-bond acceptors (Lipinski definition) is 1. The summed E-state index contributed by atoms with van der Waals surface area (Å²) >= 11 is 0. The van der Waals surface area contributed by atoms with Crippen molar-refractivity contribution < 1.29 is 0 Å². The molecule has 5 rings (SSSR count). The number of aromatic nitrogens is 2. The molecule has 0 amide bonds. The summed E-state index contributed by atoms with van der Waals surface area (Å²) in [4.78, 5) is 4.44. The van der Waals surface area contributed by atoms with E-state index < -0.39 is 0 Å². The maximum atomic E-state index is 4.44. The minimum Gasteiger partial charge on any atom is -0.334 e. The Morgan fingerprint density at radius 1 is 0.643 bits per heavy atom. The monoisotopic (exact) mass is 360 g/mol. The summed E-state index contributed by atoms with van der Waals surface area (Å²) in [7, 11) is 0. The lowest BCUT2D eigenvalue weighted by Gasteiger charge is -2.13. The van der Waals surface area contributed by atoms with Crippen LogP contribution in [0.25, 0.3) is 33.3 Å². The largest absolute Gasteiger partial charge is 0.334 e. The molecule has 134 valence electrons. The minimum atomic E-state index is 0.806. The highest BCUT2D eigenvalue weighted by molar-refractivity contribution is 6.04. The molecule has 2 heteroatoms. The first kappa shape index (κ1) is 16.5. The van der Waals surface area contributed by atoms with Crippen molar-refractivity contribution in [1.29, 1.82) is 0 Å². The van der Waals surface area contributed by atoms with E-state index in [4.69, 9.17) is 0 Å². The van der Waals surface area contributed by atoms with Gasteiger partial charge in [0.05, 0.1) is 17.4 Å². The second-order valence-electron chi connectivity index (χ2n) is 6.92. The summed E-state index contributed by atoms with van der Waals surface area (Å²) in [6.07, 6.45) is 3.87. The van der Waals surface area contributed by atoms with Gasteiger partial charge in [0, 0.05) is 23.7 Å². The molecule has 2 aromatic heterocycles. The Kier molecular flexibility index (Phi) is 4.23. The minimum absolute atomic E-state index is 0.806. The average molecular weight is 360 g/mol. The van der Waals surface area contributed by atoms with Gasteiger partial charge in [-0.05, 0) is 22.8 Å². The summed E-state index contributed by atoms with van der Waals surface area (Å²) in [6.45, 7) is 0.806. The molecule has 0 unspecified atom stereocenters. The van der Waals surface area contributed by atoms with Crippen LogP contribution in [0.3, 0.4) is 0 Å². The molecular weight excluding hydrogens is 340 g/mol. The van der Waals surface area contributed by atoms with E-state index in [1.807, 2.05) is 12.4 Å². The molecule has 0 aliphatic rings. The Morgan fingerprint density at radius 3 is 1.93 bits per heavy atom. The summed E-state index contributed by atoms with van der Waals surface area (Å²) in [5.74, 6) is 0. The topological polar surface area (TPSA) is 17.8 Å². The van der Waals surface area contributed by atoms with Crippen LogP contribution in [0.1, 0.15) is 5.56 Å². The first-order valence-corrected chi connectivity index (χ1v) is 9.53. The van der Waals surface area contributed by atoms with Gasteiger partial charge in [-0.3, -0.25) is 4.98 Å². The molecule has 0 fully saturated rings. The molecule has 0 saturated carbocycles. The van der Waals surface area contributed by atoms with E-state index in [9.17, 15) is 0 Å². The van der Waals surface area contributed by atoms with Crippen LogP contribution in [0, 0.1) is 0 Å². The molecule has 3 aromatic carbocycles. The van der Waals surface area contributed by atoms with Crippen LogP contribution in [0.2, 0.25) is 0 Å².